The van der Waals surface area contributed by atoms with E-state index in [1.165, 1.54) is 12.2 Å². The lowest BCUT2D eigenvalue weighted by Crippen LogP contribution is -2.13. The first kappa shape index (κ1) is 19.3. The van der Waals surface area contributed by atoms with Crippen LogP contribution < -0.4 is 0 Å². The topological polar surface area (TPSA) is 66.8 Å². The normalized spacial score (nSPS) is 19.8. The van der Waals surface area contributed by atoms with Crippen LogP contribution in [-0.2, 0) is 9.53 Å². The fourth-order valence-electron chi connectivity index (χ4n) is 1.81. The number of hydrogen-bond donors (Lipinski definition) is 2. The molecule has 0 aromatic heterocycles. The molecular formula is C16H18I2O4. The molecule has 2 N–H and O–H groups in total. The SMILES string of the molecule is C=C/C(O)=C\C=C(/C)OC1=C(I)C=C(CCC(=O)O)CC1I. The van der Waals surface area contributed by atoms with Crippen LogP contribution in [0.25, 0.3) is 0 Å². The van der Waals surface area contributed by atoms with Crippen molar-refractivity contribution in [2.45, 2.75) is 30.1 Å². The highest BCUT2D eigenvalue weighted by Gasteiger charge is 2.23. The number of carboxylic acid groups (broad SMARTS) is 1. The van der Waals surface area contributed by atoms with Crippen molar-refractivity contribution in [3.63, 3.8) is 0 Å². The third-order valence-corrected chi connectivity index (χ3v) is 4.77. The predicted octanol–water partition coefficient (Wildman–Crippen LogP) is 5.18. The highest BCUT2D eigenvalue weighted by atomic mass is 127. The van der Waals surface area contributed by atoms with Crippen LogP contribution in [0.15, 0.2) is 57.3 Å². The monoisotopic (exact) mass is 528 g/mol. The molecular weight excluding hydrogens is 510 g/mol. The van der Waals surface area contributed by atoms with Gasteiger partial charge in [0.2, 0.25) is 0 Å². The lowest BCUT2D eigenvalue weighted by Gasteiger charge is -2.23. The van der Waals surface area contributed by atoms with E-state index < -0.39 is 5.97 Å². The maximum Gasteiger partial charge on any atom is 0.303 e. The summed E-state index contributed by atoms with van der Waals surface area (Å²) in [5.74, 6) is 0.832. The van der Waals surface area contributed by atoms with Crippen LogP contribution in [-0.4, -0.2) is 20.1 Å². The first-order chi connectivity index (χ1) is 10.3. The minimum absolute atomic E-state index is 0.0807. The van der Waals surface area contributed by atoms with Gasteiger partial charge in [-0.3, -0.25) is 4.79 Å². The molecule has 4 nitrogen and oxygen atoms in total. The van der Waals surface area contributed by atoms with Crippen molar-refractivity contribution in [3.05, 3.63) is 57.3 Å². The second kappa shape index (κ2) is 9.39. The smallest absolute Gasteiger partial charge is 0.303 e. The average Bonchev–Trinajstić information content (AvgIpc) is 2.46. The highest BCUT2D eigenvalue weighted by Crippen LogP contribution is 2.36. The molecule has 120 valence electrons. The van der Waals surface area contributed by atoms with E-state index in [-0.39, 0.29) is 16.1 Å². The first-order valence-electron chi connectivity index (χ1n) is 6.66. The fraction of sp³-hybridized carbons (Fsp3) is 0.312. The third kappa shape index (κ3) is 6.55. The zero-order valence-electron chi connectivity index (χ0n) is 12.2. The zero-order chi connectivity index (χ0) is 16.7. The number of aliphatic hydroxyl groups excluding tert-OH is 1. The number of rotatable bonds is 7. The molecule has 0 amide bonds. The van der Waals surface area contributed by atoms with Gasteiger partial charge in [0.25, 0.3) is 0 Å². The fourth-order valence-corrected chi connectivity index (χ4v) is 4.36. The summed E-state index contributed by atoms with van der Waals surface area (Å²) in [6, 6.07) is 0. The molecule has 0 heterocycles. The Morgan fingerprint density at radius 3 is 2.73 bits per heavy atom. The van der Waals surface area contributed by atoms with E-state index in [1.807, 2.05) is 13.0 Å². The number of aliphatic hydroxyl groups is 1. The van der Waals surface area contributed by atoms with Crippen molar-refractivity contribution < 1.29 is 19.7 Å². The molecule has 0 radical (unpaired) electrons. The maximum absolute atomic E-state index is 10.7. The summed E-state index contributed by atoms with van der Waals surface area (Å²) in [6.45, 7) is 5.28. The van der Waals surface area contributed by atoms with Crippen LogP contribution in [0, 0.1) is 0 Å². The number of aliphatic carboxylic acids is 1. The van der Waals surface area contributed by atoms with Gasteiger partial charge in [-0.1, -0.05) is 34.7 Å². The van der Waals surface area contributed by atoms with Crippen molar-refractivity contribution in [1.29, 1.82) is 0 Å². The summed E-state index contributed by atoms with van der Waals surface area (Å²) in [5, 5.41) is 18.1. The highest BCUT2D eigenvalue weighted by molar-refractivity contribution is 14.1. The van der Waals surface area contributed by atoms with E-state index in [2.05, 4.69) is 51.8 Å². The second-order valence-corrected chi connectivity index (χ2v) is 7.42. The van der Waals surface area contributed by atoms with E-state index in [1.54, 1.807) is 6.08 Å². The largest absolute Gasteiger partial charge is 0.508 e. The summed E-state index contributed by atoms with van der Waals surface area (Å²) >= 11 is 4.51. The number of halogens is 2. The molecule has 0 aromatic carbocycles. The van der Waals surface area contributed by atoms with Crippen LogP contribution in [0.4, 0.5) is 0 Å². The van der Waals surface area contributed by atoms with Crippen molar-refractivity contribution in [2.24, 2.45) is 0 Å². The van der Waals surface area contributed by atoms with Crippen LogP contribution >= 0.6 is 45.2 Å². The summed E-state index contributed by atoms with van der Waals surface area (Å²) in [5.41, 5.74) is 1.13. The minimum Gasteiger partial charge on any atom is -0.508 e. The minimum atomic E-state index is -0.778. The Balaban J connectivity index is 2.83. The van der Waals surface area contributed by atoms with Gasteiger partial charge in [0.05, 0.1) is 7.50 Å². The lowest BCUT2D eigenvalue weighted by molar-refractivity contribution is -0.136. The molecule has 0 spiro atoms. The van der Waals surface area contributed by atoms with Crippen molar-refractivity contribution in [1.82, 2.24) is 0 Å². The van der Waals surface area contributed by atoms with Gasteiger partial charge in [-0.25, -0.2) is 0 Å². The summed E-state index contributed by atoms with van der Waals surface area (Å²) < 4.78 is 7.00. The van der Waals surface area contributed by atoms with Crippen LogP contribution in [0.2, 0.25) is 0 Å². The number of ether oxygens (including phenoxy) is 1. The number of allylic oxidation sites excluding steroid dienone is 8. The number of hydrogen-bond acceptors (Lipinski definition) is 3. The number of carboxylic acids is 1. The maximum atomic E-state index is 10.7. The van der Waals surface area contributed by atoms with Gasteiger partial charge in [0.1, 0.15) is 17.3 Å². The molecule has 0 saturated heterocycles. The Hall–Kier alpha value is -0.770. The van der Waals surface area contributed by atoms with Crippen molar-refractivity contribution in [3.8, 4) is 0 Å². The Morgan fingerprint density at radius 1 is 1.50 bits per heavy atom. The summed E-state index contributed by atoms with van der Waals surface area (Å²) in [7, 11) is 0. The van der Waals surface area contributed by atoms with Gasteiger partial charge >= 0.3 is 5.97 Å². The molecule has 0 saturated carbocycles. The summed E-state index contributed by atoms with van der Waals surface area (Å²) in [4.78, 5) is 10.7. The average molecular weight is 528 g/mol. The Morgan fingerprint density at radius 2 is 2.18 bits per heavy atom. The lowest BCUT2D eigenvalue weighted by atomic mass is 9.99. The number of alkyl halides is 1. The molecule has 6 heteroatoms. The van der Waals surface area contributed by atoms with E-state index >= 15 is 0 Å². The predicted molar refractivity (Wildman–Crippen MR) is 104 cm³/mol. The number of carbonyl (C=O) groups is 1. The molecule has 0 fully saturated rings. The third-order valence-electron chi connectivity index (χ3n) is 2.92. The Labute approximate surface area is 157 Å². The van der Waals surface area contributed by atoms with Gasteiger partial charge in [-0.2, -0.15) is 0 Å². The summed E-state index contributed by atoms with van der Waals surface area (Å²) in [6.07, 6.45) is 8.07. The van der Waals surface area contributed by atoms with Gasteiger partial charge in [0.15, 0.2) is 0 Å². The molecule has 1 aliphatic rings. The van der Waals surface area contributed by atoms with Gasteiger partial charge in [0, 0.05) is 6.42 Å². The standard InChI is InChI=1S/C16H18I2O4/c1-3-12(19)6-4-10(2)22-16-13(17)8-11(9-14(16)18)5-7-15(20)21/h3-4,6,8,14,19H,1,5,7,9H2,2H3,(H,20,21)/b10-4+,12-6+. The van der Waals surface area contributed by atoms with Gasteiger partial charge < -0.3 is 14.9 Å². The second-order valence-electron chi connectivity index (χ2n) is 4.76. The molecule has 22 heavy (non-hydrogen) atoms. The molecule has 1 atom stereocenters. The van der Waals surface area contributed by atoms with E-state index in [0.29, 0.717) is 12.2 Å². The molecule has 1 aliphatic carbocycles. The van der Waals surface area contributed by atoms with Gasteiger partial charge in [-0.05, 0) is 66.7 Å². The quantitative estimate of drug-likeness (QED) is 0.207. The Bertz CT molecular complexity index is 571. The zero-order valence-corrected chi connectivity index (χ0v) is 16.5. The van der Waals surface area contributed by atoms with Crippen LogP contribution in [0.3, 0.4) is 0 Å². The van der Waals surface area contributed by atoms with E-state index in [4.69, 9.17) is 9.84 Å². The molecule has 0 aliphatic heterocycles. The Kier molecular flexibility index (Phi) is 8.23. The van der Waals surface area contributed by atoms with E-state index in [0.717, 1.165) is 21.3 Å². The molecule has 0 bridgehead atoms. The molecule has 1 rings (SSSR count). The van der Waals surface area contributed by atoms with Crippen molar-refractivity contribution >= 4 is 51.2 Å². The first-order valence-corrected chi connectivity index (χ1v) is 8.98. The molecule has 1 unspecified atom stereocenters. The van der Waals surface area contributed by atoms with E-state index in [9.17, 15) is 9.90 Å². The molecule has 0 aromatic rings. The van der Waals surface area contributed by atoms with Crippen molar-refractivity contribution in [2.75, 3.05) is 0 Å². The van der Waals surface area contributed by atoms with Crippen LogP contribution in [0.5, 0.6) is 0 Å². The van der Waals surface area contributed by atoms with Crippen LogP contribution in [0.1, 0.15) is 26.2 Å². The van der Waals surface area contributed by atoms with Gasteiger partial charge in [-0.15, -0.1) is 0 Å².